The van der Waals surface area contributed by atoms with Gasteiger partial charge in [-0.3, -0.25) is 10.1 Å². The van der Waals surface area contributed by atoms with Crippen LogP contribution in [0.25, 0.3) is 0 Å². The number of carbonyl (C=O) groups is 1. The number of hydrogen-bond acceptors (Lipinski definition) is 5. The summed E-state index contributed by atoms with van der Waals surface area (Å²) in [5.74, 6) is 0.430. The van der Waals surface area contributed by atoms with E-state index in [1.54, 1.807) is 32.9 Å². The summed E-state index contributed by atoms with van der Waals surface area (Å²) in [5, 5.41) is 13.3. The molecular formula is C15H22N2O5. The minimum absolute atomic E-state index is 0.0171. The van der Waals surface area contributed by atoms with E-state index in [4.69, 9.17) is 9.47 Å². The maximum Gasteiger partial charge on any atom is 0.407 e. The molecule has 0 radical (unpaired) electrons. The number of ether oxygens (including phenoxy) is 2. The fourth-order valence-corrected chi connectivity index (χ4v) is 1.65. The third-order valence-electron chi connectivity index (χ3n) is 2.58. The molecule has 0 heterocycles. The van der Waals surface area contributed by atoms with Crippen molar-refractivity contribution in [1.29, 1.82) is 0 Å². The lowest BCUT2D eigenvalue weighted by molar-refractivity contribution is -0.384. The quantitative estimate of drug-likeness (QED) is 0.643. The second-order valence-corrected chi connectivity index (χ2v) is 5.90. The molecule has 1 amide bonds. The Morgan fingerprint density at radius 2 is 2.09 bits per heavy atom. The fraction of sp³-hybridized carbons (Fsp3) is 0.533. The van der Waals surface area contributed by atoms with Gasteiger partial charge in [0.1, 0.15) is 11.4 Å². The first-order valence-corrected chi connectivity index (χ1v) is 7.05. The number of nitrogens with one attached hydrogen (secondary N) is 1. The van der Waals surface area contributed by atoms with Crippen molar-refractivity contribution in [3.8, 4) is 5.75 Å². The van der Waals surface area contributed by atoms with Gasteiger partial charge in [0.2, 0.25) is 0 Å². The molecule has 1 rings (SSSR count). The summed E-state index contributed by atoms with van der Waals surface area (Å²) in [4.78, 5) is 21.7. The Balaban J connectivity index is 2.37. The molecule has 1 N–H and O–H groups in total. The van der Waals surface area contributed by atoms with Crippen LogP contribution in [0.5, 0.6) is 5.75 Å². The van der Waals surface area contributed by atoms with Crippen molar-refractivity contribution in [2.75, 3.05) is 6.54 Å². The molecule has 0 aliphatic rings. The molecule has 0 fully saturated rings. The summed E-state index contributed by atoms with van der Waals surface area (Å²) in [7, 11) is 0. The number of nitrogens with zero attached hydrogens (tertiary/aromatic N) is 1. The van der Waals surface area contributed by atoms with Crippen molar-refractivity contribution in [1.82, 2.24) is 5.32 Å². The molecule has 1 aromatic rings. The average Bonchev–Trinajstić information content (AvgIpc) is 2.36. The van der Waals surface area contributed by atoms with Crippen molar-refractivity contribution in [2.45, 2.75) is 45.8 Å². The Kier molecular flexibility index (Phi) is 6.15. The molecule has 1 unspecified atom stereocenters. The first kappa shape index (κ1) is 17.7. The number of non-ortho nitro benzene ring substituents is 1. The number of rotatable bonds is 6. The molecule has 0 saturated carbocycles. The Hall–Kier alpha value is -2.31. The van der Waals surface area contributed by atoms with Crippen molar-refractivity contribution in [3.05, 3.63) is 34.4 Å². The normalized spacial score (nSPS) is 12.4. The number of alkyl carbamates (subject to hydrolysis) is 1. The topological polar surface area (TPSA) is 90.7 Å². The van der Waals surface area contributed by atoms with Crippen LogP contribution in [0.3, 0.4) is 0 Å². The predicted molar refractivity (Wildman–Crippen MR) is 82.0 cm³/mol. The monoisotopic (exact) mass is 310 g/mol. The van der Waals surface area contributed by atoms with Crippen LogP contribution < -0.4 is 10.1 Å². The van der Waals surface area contributed by atoms with Gasteiger partial charge in [-0.15, -0.1) is 0 Å². The Morgan fingerprint density at radius 3 is 2.68 bits per heavy atom. The lowest BCUT2D eigenvalue weighted by atomic mass is 10.2. The van der Waals surface area contributed by atoms with E-state index in [0.29, 0.717) is 18.7 Å². The van der Waals surface area contributed by atoms with Crippen LogP contribution in [0, 0.1) is 10.1 Å². The molecule has 0 spiro atoms. The highest BCUT2D eigenvalue weighted by Gasteiger charge is 2.16. The van der Waals surface area contributed by atoms with Crippen molar-refractivity contribution in [2.24, 2.45) is 0 Å². The number of nitro groups is 1. The SMILES string of the molecule is CC(CCNC(=O)OC(C)(C)C)Oc1cccc([N+](=O)[O-])c1. The first-order valence-electron chi connectivity index (χ1n) is 7.05. The summed E-state index contributed by atoms with van der Waals surface area (Å²) in [6.45, 7) is 7.60. The molecule has 0 aliphatic carbocycles. The van der Waals surface area contributed by atoms with Gasteiger partial charge in [-0.05, 0) is 33.8 Å². The van der Waals surface area contributed by atoms with Gasteiger partial charge in [0, 0.05) is 19.0 Å². The van der Waals surface area contributed by atoms with Gasteiger partial charge in [-0.1, -0.05) is 6.07 Å². The molecule has 1 aromatic carbocycles. The highest BCUT2D eigenvalue weighted by molar-refractivity contribution is 5.67. The van der Waals surface area contributed by atoms with E-state index in [0.717, 1.165) is 0 Å². The van der Waals surface area contributed by atoms with Gasteiger partial charge >= 0.3 is 6.09 Å². The maximum absolute atomic E-state index is 11.5. The van der Waals surface area contributed by atoms with E-state index >= 15 is 0 Å². The molecule has 0 aliphatic heterocycles. The van der Waals surface area contributed by atoms with Crippen LogP contribution in [0.2, 0.25) is 0 Å². The number of amides is 1. The van der Waals surface area contributed by atoms with Gasteiger partial charge in [-0.25, -0.2) is 4.79 Å². The fourth-order valence-electron chi connectivity index (χ4n) is 1.65. The van der Waals surface area contributed by atoms with E-state index in [-0.39, 0.29) is 11.8 Å². The van der Waals surface area contributed by atoms with Crippen LogP contribution in [-0.4, -0.2) is 29.3 Å². The van der Waals surface area contributed by atoms with Crippen LogP contribution >= 0.6 is 0 Å². The van der Waals surface area contributed by atoms with Crippen LogP contribution in [0.15, 0.2) is 24.3 Å². The Morgan fingerprint density at radius 1 is 1.41 bits per heavy atom. The predicted octanol–water partition coefficient (Wildman–Crippen LogP) is 3.28. The third-order valence-corrected chi connectivity index (χ3v) is 2.58. The average molecular weight is 310 g/mol. The minimum atomic E-state index is -0.533. The molecule has 0 saturated heterocycles. The third kappa shape index (κ3) is 6.92. The number of nitro benzene ring substituents is 1. The molecule has 0 bridgehead atoms. The zero-order valence-electron chi connectivity index (χ0n) is 13.3. The zero-order chi connectivity index (χ0) is 16.8. The van der Waals surface area contributed by atoms with Crippen LogP contribution in [0.1, 0.15) is 34.1 Å². The zero-order valence-corrected chi connectivity index (χ0v) is 13.3. The Bertz CT molecular complexity index is 525. The summed E-state index contributed by atoms with van der Waals surface area (Å²) >= 11 is 0. The second kappa shape index (κ2) is 7.63. The van der Waals surface area contributed by atoms with Gasteiger partial charge in [0.15, 0.2) is 0 Å². The van der Waals surface area contributed by atoms with Crippen molar-refractivity contribution >= 4 is 11.8 Å². The lowest BCUT2D eigenvalue weighted by Crippen LogP contribution is -2.34. The lowest BCUT2D eigenvalue weighted by Gasteiger charge is -2.20. The number of benzene rings is 1. The van der Waals surface area contributed by atoms with E-state index in [9.17, 15) is 14.9 Å². The van der Waals surface area contributed by atoms with E-state index in [1.165, 1.54) is 12.1 Å². The van der Waals surface area contributed by atoms with Gasteiger partial charge in [0.05, 0.1) is 17.1 Å². The molecular weight excluding hydrogens is 288 g/mol. The van der Waals surface area contributed by atoms with E-state index in [1.807, 2.05) is 6.92 Å². The Labute approximate surface area is 129 Å². The van der Waals surface area contributed by atoms with Crippen LogP contribution in [-0.2, 0) is 4.74 Å². The molecule has 22 heavy (non-hydrogen) atoms. The van der Waals surface area contributed by atoms with Crippen molar-refractivity contribution < 1.29 is 19.2 Å². The van der Waals surface area contributed by atoms with Crippen LogP contribution in [0.4, 0.5) is 10.5 Å². The van der Waals surface area contributed by atoms with Crippen molar-refractivity contribution in [3.63, 3.8) is 0 Å². The maximum atomic E-state index is 11.5. The molecule has 7 heteroatoms. The van der Waals surface area contributed by atoms with Gasteiger partial charge in [0.25, 0.3) is 5.69 Å². The summed E-state index contributed by atoms with van der Waals surface area (Å²) < 4.78 is 10.7. The smallest absolute Gasteiger partial charge is 0.407 e. The highest BCUT2D eigenvalue weighted by atomic mass is 16.6. The summed E-state index contributed by atoms with van der Waals surface area (Å²) in [6, 6.07) is 6.00. The van der Waals surface area contributed by atoms with Gasteiger partial charge < -0.3 is 14.8 Å². The molecule has 1 atom stereocenters. The number of hydrogen-bond donors (Lipinski definition) is 1. The molecule has 122 valence electrons. The largest absolute Gasteiger partial charge is 0.490 e. The van der Waals surface area contributed by atoms with E-state index < -0.39 is 16.6 Å². The summed E-state index contributed by atoms with van der Waals surface area (Å²) in [6.07, 6.45) is -0.117. The standard InChI is InChI=1S/C15H22N2O5/c1-11(8-9-16-14(18)22-15(2,3)4)21-13-7-5-6-12(10-13)17(19)20/h5-7,10-11H,8-9H2,1-4H3,(H,16,18). The first-order chi connectivity index (χ1) is 10.2. The number of carbonyl (C=O) groups excluding carboxylic acids is 1. The summed E-state index contributed by atoms with van der Waals surface area (Å²) in [5.41, 5.74) is -0.550. The second-order valence-electron chi connectivity index (χ2n) is 5.90. The van der Waals surface area contributed by atoms with Gasteiger partial charge in [-0.2, -0.15) is 0 Å². The molecule has 7 nitrogen and oxygen atoms in total. The van der Waals surface area contributed by atoms with E-state index in [2.05, 4.69) is 5.32 Å². The molecule has 0 aromatic heterocycles. The minimum Gasteiger partial charge on any atom is -0.490 e. The highest BCUT2D eigenvalue weighted by Crippen LogP contribution is 2.20.